The third-order valence-corrected chi connectivity index (χ3v) is 4.39. The Hall–Kier alpha value is -0.900. The molecule has 0 aromatic carbocycles. The molecule has 1 atom stereocenters. The lowest BCUT2D eigenvalue weighted by molar-refractivity contribution is -0.143. The van der Waals surface area contributed by atoms with Gasteiger partial charge in [-0.1, -0.05) is 12.8 Å². The van der Waals surface area contributed by atoms with Gasteiger partial charge in [0.2, 0.25) is 11.8 Å². The molecule has 1 aliphatic carbocycles. The molecule has 2 aliphatic heterocycles. The molecule has 3 rings (SSSR count). The maximum atomic E-state index is 12.4. The number of likely N-dealkylation sites (tertiary alicyclic amines) is 1. The van der Waals surface area contributed by atoms with Gasteiger partial charge in [0, 0.05) is 13.0 Å². The zero-order valence-corrected chi connectivity index (χ0v) is 9.50. The van der Waals surface area contributed by atoms with Crippen molar-refractivity contribution in [3.63, 3.8) is 0 Å². The van der Waals surface area contributed by atoms with Crippen molar-refractivity contribution in [3.8, 4) is 0 Å². The number of hydrogen-bond donors (Lipinski definition) is 1. The highest BCUT2D eigenvalue weighted by Crippen LogP contribution is 2.47. The van der Waals surface area contributed by atoms with Crippen molar-refractivity contribution in [3.05, 3.63) is 0 Å². The van der Waals surface area contributed by atoms with Crippen molar-refractivity contribution >= 4 is 11.8 Å². The lowest BCUT2D eigenvalue weighted by Crippen LogP contribution is -2.43. The second kappa shape index (κ2) is 3.55. The average Bonchev–Trinajstić information content (AvgIpc) is 2.92. The van der Waals surface area contributed by atoms with Gasteiger partial charge < -0.3 is 5.32 Å². The molecule has 2 heterocycles. The van der Waals surface area contributed by atoms with Gasteiger partial charge in [-0.25, -0.2) is 0 Å². The number of carbonyl (C=O) groups is 2. The Morgan fingerprint density at radius 3 is 2.62 bits per heavy atom. The van der Waals surface area contributed by atoms with Gasteiger partial charge in [0.05, 0.1) is 11.5 Å². The summed E-state index contributed by atoms with van der Waals surface area (Å²) in [6, 6.07) is 0.125. The molecule has 4 nitrogen and oxygen atoms in total. The fourth-order valence-corrected chi connectivity index (χ4v) is 3.49. The van der Waals surface area contributed by atoms with Crippen LogP contribution in [0, 0.1) is 5.41 Å². The predicted molar refractivity (Wildman–Crippen MR) is 58.6 cm³/mol. The smallest absolute Gasteiger partial charge is 0.236 e. The monoisotopic (exact) mass is 222 g/mol. The molecule has 88 valence electrons. The lowest BCUT2D eigenvalue weighted by atomic mass is 9.84. The molecule has 1 N–H and O–H groups in total. The SMILES string of the molecule is O=C1CC2(CCCC2)C(=O)N1C1CCNC1. The highest BCUT2D eigenvalue weighted by atomic mass is 16.2. The maximum Gasteiger partial charge on any atom is 0.236 e. The summed E-state index contributed by atoms with van der Waals surface area (Å²) < 4.78 is 0. The van der Waals surface area contributed by atoms with E-state index in [9.17, 15) is 9.59 Å². The van der Waals surface area contributed by atoms with E-state index in [-0.39, 0.29) is 23.3 Å². The van der Waals surface area contributed by atoms with Gasteiger partial charge in [-0.3, -0.25) is 14.5 Å². The van der Waals surface area contributed by atoms with Crippen LogP contribution in [0.3, 0.4) is 0 Å². The van der Waals surface area contributed by atoms with Crippen LogP contribution in [0.4, 0.5) is 0 Å². The van der Waals surface area contributed by atoms with E-state index in [2.05, 4.69) is 5.32 Å². The largest absolute Gasteiger partial charge is 0.315 e. The molecule has 2 amide bonds. The van der Waals surface area contributed by atoms with E-state index in [1.807, 2.05) is 0 Å². The first-order valence-electron chi connectivity index (χ1n) is 6.30. The summed E-state index contributed by atoms with van der Waals surface area (Å²) in [5, 5.41) is 3.22. The summed E-state index contributed by atoms with van der Waals surface area (Å²) in [7, 11) is 0. The highest BCUT2D eigenvalue weighted by molar-refractivity contribution is 6.06. The quantitative estimate of drug-likeness (QED) is 0.663. The lowest BCUT2D eigenvalue weighted by Gasteiger charge is -2.24. The molecular weight excluding hydrogens is 204 g/mol. The third-order valence-electron chi connectivity index (χ3n) is 4.39. The van der Waals surface area contributed by atoms with Crippen LogP contribution < -0.4 is 5.32 Å². The van der Waals surface area contributed by atoms with E-state index in [0.717, 1.165) is 45.2 Å². The molecule has 4 heteroatoms. The second-order valence-corrected chi connectivity index (χ2v) is 5.38. The molecule has 3 fully saturated rings. The van der Waals surface area contributed by atoms with Crippen molar-refractivity contribution < 1.29 is 9.59 Å². The van der Waals surface area contributed by atoms with Crippen LogP contribution in [0.5, 0.6) is 0 Å². The Balaban J connectivity index is 1.84. The van der Waals surface area contributed by atoms with E-state index in [1.54, 1.807) is 4.90 Å². The molecule has 0 bridgehead atoms. The summed E-state index contributed by atoms with van der Waals surface area (Å²) in [6.07, 6.45) is 5.46. The van der Waals surface area contributed by atoms with Gasteiger partial charge >= 0.3 is 0 Å². The van der Waals surface area contributed by atoms with Gasteiger partial charge in [0.25, 0.3) is 0 Å². The van der Waals surface area contributed by atoms with Crippen LogP contribution in [0.2, 0.25) is 0 Å². The standard InChI is InChI=1S/C12H18N2O2/c15-10-7-12(4-1-2-5-12)11(16)14(10)9-3-6-13-8-9/h9,13H,1-8H2. The summed E-state index contributed by atoms with van der Waals surface area (Å²) >= 11 is 0. The number of nitrogens with one attached hydrogen (secondary N) is 1. The summed E-state index contributed by atoms with van der Waals surface area (Å²) in [6.45, 7) is 1.71. The number of carbonyl (C=O) groups excluding carboxylic acids is 2. The first-order chi connectivity index (χ1) is 7.73. The Bertz CT molecular complexity index is 328. The van der Waals surface area contributed by atoms with E-state index in [4.69, 9.17) is 0 Å². The van der Waals surface area contributed by atoms with Crippen LogP contribution in [-0.2, 0) is 9.59 Å². The van der Waals surface area contributed by atoms with Crippen LogP contribution in [-0.4, -0.2) is 35.8 Å². The number of imide groups is 1. The van der Waals surface area contributed by atoms with E-state index < -0.39 is 0 Å². The van der Waals surface area contributed by atoms with Gasteiger partial charge in [-0.05, 0) is 25.8 Å². The molecule has 0 aromatic rings. The van der Waals surface area contributed by atoms with Crippen molar-refractivity contribution in [2.24, 2.45) is 5.41 Å². The number of nitrogens with zero attached hydrogens (tertiary/aromatic N) is 1. The van der Waals surface area contributed by atoms with Crippen LogP contribution >= 0.6 is 0 Å². The van der Waals surface area contributed by atoms with Gasteiger partial charge in [-0.2, -0.15) is 0 Å². The molecule has 0 aromatic heterocycles. The normalized spacial score (nSPS) is 33.2. The van der Waals surface area contributed by atoms with Crippen LogP contribution in [0.1, 0.15) is 38.5 Å². The third kappa shape index (κ3) is 1.32. The van der Waals surface area contributed by atoms with Gasteiger partial charge in [-0.15, -0.1) is 0 Å². The summed E-state index contributed by atoms with van der Waals surface area (Å²) in [5.41, 5.74) is -0.292. The minimum Gasteiger partial charge on any atom is -0.315 e. The number of rotatable bonds is 1. The average molecular weight is 222 g/mol. The van der Waals surface area contributed by atoms with Crippen LogP contribution in [0.25, 0.3) is 0 Å². The van der Waals surface area contributed by atoms with Crippen LogP contribution in [0.15, 0.2) is 0 Å². The Morgan fingerprint density at radius 2 is 2.00 bits per heavy atom. The maximum absolute atomic E-state index is 12.4. The van der Waals surface area contributed by atoms with Gasteiger partial charge in [0.1, 0.15) is 0 Å². The molecule has 1 saturated carbocycles. The molecule has 1 unspecified atom stereocenters. The summed E-state index contributed by atoms with van der Waals surface area (Å²) in [4.78, 5) is 26.0. The number of hydrogen-bond acceptors (Lipinski definition) is 3. The van der Waals surface area contributed by atoms with Crippen molar-refractivity contribution in [1.82, 2.24) is 10.2 Å². The van der Waals surface area contributed by atoms with E-state index >= 15 is 0 Å². The molecule has 2 saturated heterocycles. The minimum atomic E-state index is -0.292. The molecule has 1 spiro atoms. The van der Waals surface area contributed by atoms with E-state index in [1.165, 1.54) is 0 Å². The fourth-order valence-electron chi connectivity index (χ4n) is 3.49. The topological polar surface area (TPSA) is 49.4 Å². The second-order valence-electron chi connectivity index (χ2n) is 5.38. The predicted octanol–water partition coefficient (Wildman–Crippen LogP) is 0.668. The number of amides is 2. The molecule has 3 aliphatic rings. The first kappa shape index (κ1) is 10.3. The summed E-state index contributed by atoms with van der Waals surface area (Å²) in [5.74, 6) is 0.198. The first-order valence-corrected chi connectivity index (χ1v) is 6.30. The van der Waals surface area contributed by atoms with Gasteiger partial charge in [0.15, 0.2) is 0 Å². The fraction of sp³-hybridized carbons (Fsp3) is 0.833. The van der Waals surface area contributed by atoms with Crippen molar-refractivity contribution in [2.45, 2.75) is 44.6 Å². The zero-order chi connectivity index (χ0) is 11.2. The molecular formula is C12H18N2O2. The van der Waals surface area contributed by atoms with Crippen molar-refractivity contribution in [1.29, 1.82) is 0 Å². The Labute approximate surface area is 95.4 Å². The highest BCUT2D eigenvalue weighted by Gasteiger charge is 2.54. The Kier molecular flexibility index (Phi) is 2.28. The van der Waals surface area contributed by atoms with E-state index in [0.29, 0.717) is 6.42 Å². The minimum absolute atomic E-state index is 0.0700. The Morgan fingerprint density at radius 1 is 1.25 bits per heavy atom. The molecule has 0 radical (unpaired) electrons. The zero-order valence-electron chi connectivity index (χ0n) is 9.50. The molecule has 16 heavy (non-hydrogen) atoms. The van der Waals surface area contributed by atoms with Crippen molar-refractivity contribution in [2.75, 3.05) is 13.1 Å².